The molecule has 1 rings (SSSR count). The molecule has 1 N–H and O–H groups in total. The number of carbonyl (C=O) groups is 3. The Morgan fingerprint density at radius 1 is 1.18 bits per heavy atom. The van der Waals surface area contributed by atoms with Crippen LogP contribution in [0.4, 0.5) is 0 Å². The Kier molecular flexibility index (Phi) is 7.08. The molecule has 0 fully saturated rings. The van der Waals surface area contributed by atoms with Crippen LogP contribution in [0, 0.1) is 0 Å². The molecule has 0 heterocycles. The number of aryl methyl sites for hydroxylation is 1. The van der Waals surface area contributed by atoms with E-state index in [-0.39, 0.29) is 6.61 Å². The minimum absolute atomic E-state index is 0.215. The number of carbonyl (C=O) groups excluding carboxylic acids is 3. The fourth-order valence-corrected chi connectivity index (χ4v) is 2.08. The van der Waals surface area contributed by atoms with Crippen molar-refractivity contribution in [1.29, 1.82) is 0 Å². The lowest BCUT2D eigenvalue weighted by atomic mass is 10.0. The van der Waals surface area contributed by atoms with Crippen molar-refractivity contribution >= 4 is 17.8 Å². The van der Waals surface area contributed by atoms with Crippen molar-refractivity contribution in [1.82, 2.24) is 10.4 Å². The van der Waals surface area contributed by atoms with Crippen LogP contribution in [-0.2, 0) is 25.5 Å². The highest BCUT2D eigenvalue weighted by Crippen LogP contribution is 2.11. The molecule has 1 aromatic rings. The van der Waals surface area contributed by atoms with Gasteiger partial charge in [-0.25, -0.2) is 9.80 Å². The molecule has 22 heavy (non-hydrogen) atoms. The molecule has 120 valence electrons. The van der Waals surface area contributed by atoms with Crippen molar-refractivity contribution in [3.63, 3.8) is 0 Å². The minimum Gasteiger partial charge on any atom is -0.464 e. The van der Waals surface area contributed by atoms with Crippen molar-refractivity contribution in [2.45, 2.75) is 39.7 Å². The Bertz CT molecular complexity index is 516. The van der Waals surface area contributed by atoms with E-state index in [0.717, 1.165) is 10.6 Å². The van der Waals surface area contributed by atoms with Gasteiger partial charge in [-0.1, -0.05) is 30.3 Å². The lowest BCUT2D eigenvalue weighted by Gasteiger charge is -2.29. The SMILES string of the molecule is CCOC(=O)[C@H](CCc1ccccc1)N(NC(C)=O)C(C)=O. The maximum Gasteiger partial charge on any atom is 0.330 e. The van der Waals surface area contributed by atoms with E-state index in [4.69, 9.17) is 4.74 Å². The molecule has 2 amide bonds. The van der Waals surface area contributed by atoms with Gasteiger partial charge in [-0.3, -0.25) is 15.0 Å². The van der Waals surface area contributed by atoms with Crippen LogP contribution in [0.3, 0.4) is 0 Å². The lowest BCUT2D eigenvalue weighted by molar-refractivity contribution is -0.159. The van der Waals surface area contributed by atoms with Gasteiger partial charge in [0, 0.05) is 13.8 Å². The van der Waals surface area contributed by atoms with Gasteiger partial charge >= 0.3 is 5.97 Å². The zero-order chi connectivity index (χ0) is 16.5. The van der Waals surface area contributed by atoms with Gasteiger partial charge in [-0.2, -0.15) is 0 Å². The number of nitrogens with one attached hydrogen (secondary N) is 1. The number of amides is 2. The molecule has 6 heteroatoms. The monoisotopic (exact) mass is 306 g/mol. The maximum atomic E-state index is 12.1. The molecule has 1 aromatic carbocycles. The van der Waals surface area contributed by atoms with Gasteiger partial charge < -0.3 is 4.74 Å². The van der Waals surface area contributed by atoms with Crippen molar-refractivity contribution < 1.29 is 19.1 Å². The summed E-state index contributed by atoms with van der Waals surface area (Å²) in [5, 5.41) is 1.04. The van der Waals surface area contributed by atoms with Crippen LogP contribution in [0.5, 0.6) is 0 Å². The first kappa shape index (κ1) is 17.7. The summed E-state index contributed by atoms with van der Waals surface area (Å²) in [4.78, 5) is 35.1. The van der Waals surface area contributed by atoms with Gasteiger partial charge in [0.15, 0.2) is 6.04 Å². The molecular formula is C16H22N2O4. The highest BCUT2D eigenvalue weighted by atomic mass is 16.5. The van der Waals surface area contributed by atoms with Crippen LogP contribution >= 0.6 is 0 Å². The van der Waals surface area contributed by atoms with Crippen LogP contribution in [0.1, 0.15) is 32.8 Å². The second-order valence-corrected chi connectivity index (χ2v) is 4.85. The normalized spacial score (nSPS) is 11.4. The highest BCUT2D eigenvalue weighted by molar-refractivity contribution is 5.85. The molecular weight excluding hydrogens is 284 g/mol. The van der Waals surface area contributed by atoms with Gasteiger partial charge in [0.1, 0.15) is 0 Å². The molecule has 0 bridgehead atoms. The number of hydrogen-bond acceptors (Lipinski definition) is 4. The van der Waals surface area contributed by atoms with Crippen LogP contribution in [0.2, 0.25) is 0 Å². The van der Waals surface area contributed by atoms with Crippen molar-refractivity contribution in [2.24, 2.45) is 0 Å². The topological polar surface area (TPSA) is 75.7 Å². The van der Waals surface area contributed by atoms with Gasteiger partial charge in [0.25, 0.3) is 0 Å². The number of nitrogens with zero attached hydrogens (tertiary/aromatic N) is 1. The summed E-state index contributed by atoms with van der Waals surface area (Å²) in [6.45, 7) is 4.50. The second-order valence-electron chi connectivity index (χ2n) is 4.85. The van der Waals surface area contributed by atoms with E-state index in [0.29, 0.717) is 12.8 Å². The standard InChI is InChI=1S/C16H22N2O4/c1-4-22-16(21)15(18(13(3)20)17-12(2)19)11-10-14-8-6-5-7-9-14/h5-9,15H,4,10-11H2,1-3H3,(H,17,19)/t15-/m0/s1. The molecule has 0 aliphatic rings. The largest absolute Gasteiger partial charge is 0.464 e. The van der Waals surface area contributed by atoms with E-state index in [1.54, 1.807) is 6.92 Å². The third-order valence-corrected chi connectivity index (χ3v) is 3.04. The van der Waals surface area contributed by atoms with Crippen LogP contribution < -0.4 is 5.43 Å². The second kappa shape index (κ2) is 8.81. The zero-order valence-corrected chi connectivity index (χ0v) is 13.2. The van der Waals surface area contributed by atoms with E-state index < -0.39 is 23.8 Å². The predicted octanol–water partition coefficient (Wildman–Crippen LogP) is 1.45. The summed E-state index contributed by atoms with van der Waals surface area (Å²) in [7, 11) is 0. The third kappa shape index (κ3) is 5.55. The Hall–Kier alpha value is -2.37. The molecule has 6 nitrogen and oxygen atoms in total. The summed E-state index contributed by atoms with van der Waals surface area (Å²) < 4.78 is 5.02. The van der Waals surface area contributed by atoms with Gasteiger partial charge in [-0.05, 0) is 25.3 Å². The molecule has 0 spiro atoms. The molecule has 0 aromatic heterocycles. The number of ether oxygens (including phenoxy) is 1. The van der Waals surface area contributed by atoms with E-state index in [9.17, 15) is 14.4 Å². The Labute approximate surface area is 130 Å². The Morgan fingerprint density at radius 2 is 1.82 bits per heavy atom. The fourth-order valence-electron chi connectivity index (χ4n) is 2.08. The average molecular weight is 306 g/mol. The zero-order valence-electron chi connectivity index (χ0n) is 13.2. The van der Waals surface area contributed by atoms with Crippen molar-refractivity contribution in [3.05, 3.63) is 35.9 Å². The summed E-state index contributed by atoms with van der Waals surface area (Å²) >= 11 is 0. The van der Waals surface area contributed by atoms with Crippen LogP contribution in [0.15, 0.2) is 30.3 Å². The summed E-state index contributed by atoms with van der Waals surface area (Å²) in [6, 6.07) is 8.76. The minimum atomic E-state index is -0.846. The summed E-state index contributed by atoms with van der Waals surface area (Å²) in [5.41, 5.74) is 3.44. The molecule has 0 aliphatic heterocycles. The number of rotatable bonds is 6. The summed E-state index contributed by atoms with van der Waals surface area (Å²) in [5.74, 6) is -1.35. The van der Waals surface area contributed by atoms with E-state index >= 15 is 0 Å². The number of hydrazine groups is 1. The van der Waals surface area contributed by atoms with Gasteiger partial charge in [0.05, 0.1) is 6.61 Å². The third-order valence-electron chi connectivity index (χ3n) is 3.04. The molecule has 0 saturated heterocycles. The van der Waals surface area contributed by atoms with Gasteiger partial charge in [-0.15, -0.1) is 0 Å². The number of esters is 1. The molecule has 0 radical (unpaired) electrons. The van der Waals surface area contributed by atoms with E-state index in [1.807, 2.05) is 30.3 Å². The van der Waals surface area contributed by atoms with Crippen LogP contribution in [0.25, 0.3) is 0 Å². The fraction of sp³-hybridized carbons (Fsp3) is 0.438. The first-order valence-electron chi connectivity index (χ1n) is 7.23. The smallest absolute Gasteiger partial charge is 0.330 e. The lowest BCUT2D eigenvalue weighted by Crippen LogP contribution is -2.54. The number of benzene rings is 1. The van der Waals surface area contributed by atoms with E-state index in [1.165, 1.54) is 13.8 Å². The van der Waals surface area contributed by atoms with E-state index in [2.05, 4.69) is 5.43 Å². The number of hydrogen-bond donors (Lipinski definition) is 1. The van der Waals surface area contributed by atoms with Crippen molar-refractivity contribution in [2.75, 3.05) is 6.61 Å². The maximum absolute atomic E-state index is 12.1. The quantitative estimate of drug-likeness (QED) is 0.637. The average Bonchev–Trinajstić information content (AvgIpc) is 2.47. The molecule has 0 aliphatic carbocycles. The first-order valence-corrected chi connectivity index (χ1v) is 7.23. The highest BCUT2D eigenvalue weighted by Gasteiger charge is 2.30. The molecule has 0 unspecified atom stereocenters. The molecule has 1 atom stereocenters. The van der Waals surface area contributed by atoms with Crippen LogP contribution in [-0.4, -0.2) is 35.4 Å². The Morgan fingerprint density at radius 3 is 2.32 bits per heavy atom. The Balaban J connectivity index is 2.87. The van der Waals surface area contributed by atoms with Gasteiger partial charge in [0.2, 0.25) is 11.8 Å². The molecule has 0 saturated carbocycles. The van der Waals surface area contributed by atoms with Crippen molar-refractivity contribution in [3.8, 4) is 0 Å². The first-order chi connectivity index (χ1) is 10.5. The summed E-state index contributed by atoms with van der Waals surface area (Å²) in [6.07, 6.45) is 0.955. The predicted molar refractivity (Wildman–Crippen MR) is 81.5 cm³/mol.